The fourth-order valence-corrected chi connectivity index (χ4v) is 3.02. The molecule has 29 heavy (non-hydrogen) atoms. The summed E-state index contributed by atoms with van der Waals surface area (Å²) >= 11 is 0. The SMILES string of the molecule is C[C@@H](OC(=O)Cn1ccc(=O)[nH]c1=O)C(=O)N1c2ccccc2NC(=O)C1(C)C. The van der Waals surface area contributed by atoms with E-state index in [1.54, 1.807) is 38.1 Å². The number of carbonyl (C=O) groups is 3. The molecule has 10 nitrogen and oxygen atoms in total. The van der Waals surface area contributed by atoms with Gasteiger partial charge in [0.25, 0.3) is 11.5 Å². The van der Waals surface area contributed by atoms with E-state index >= 15 is 0 Å². The average molecular weight is 400 g/mol. The van der Waals surface area contributed by atoms with Crippen molar-refractivity contribution in [2.75, 3.05) is 10.2 Å². The number of ether oxygens (including phenoxy) is 1. The van der Waals surface area contributed by atoms with Crippen LogP contribution in [-0.4, -0.2) is 39.0 Å². The van der Waals surface area contributed by atoms with Gasteiger partial charge in [0.05, 0.1) is 11.4 Å². The van der Waals surface area contributed by atoms with Gasteiger partial charge in [-0.1, -0.05) is 12.1 Å². The molecule has 1 aromatic carbocycles. The Hall–Kier alpha value is -3.69. The molecule has 0 saturated carbocycles. The van der Waals surface area contributed by atoms with Crippen molar-refractivity contribution in [2.24, 2.45) is 0 Å². The molecule has 152 valence electrons. The smallest absolute Gasteiger partial charge is 0.328 e. The molecule has 0 saturated heterocycles. The normalized spacial score (nSPS) is 15.8. The van der Waals surface area contributed by atoms with E-state index < -0.39 is 41.3 Å². The van der Waals surface area contributed by atoms with Crippen LogP contribution in [0.3, 0.4) is 0 Å². The number of hydrogen-bond donors (Lipinski definition) is 2. The van der Waals surface area contributed by atoms with Crippen molar-refractivity contribution in [3.63, 3.8) is 0 Å². The predicted octanol–water partition coefficient (Wildman–Crippen LogP) is 0.232. The van der Waals surface area contributed by atoms with Crippen molar-refractivity contribution in [3.8, 4) is 0 Å². The highest BCUT2D eigenvalue weighted by Crippen LogP contribution is 2.37. The summed E-state index contributed by atoms with van der Waals surface area (Å²) in [7, 11) is 0. The number of aromatic amines is 1. The minimum Gasteiger partial charge on any atom is -0.451 e. The van der Waals surface area contributed by atoms with Crippen LogP contribution in [0.2, 0.25) is 0 Å². The molecule has 0 radical (unpaired) electrons. The first-order chi connectivity index (χ1) is 13.6. The van der Waals surface area contributed by atoms with E-state index in [2.05, 4.69) is 5.32 Å². The number of H-pyrrole nitrogens is 1. The summed E-state index contributed by atoms with van der Waals surface area (Å²) in [5.74, 6) is -1.80. The first kappa shape index (κ1) is 20.1. The molecule has 2 aromatic rings. The standard InChI is InChI=1S/C19H20N4O6/c1-11(29-15(25)10-22-9-8-14(24)21-18(22)28)16(26)23-13-7-5-4-6-12(13)20-17(27)19(23,2)3/h4-9,11H,10H2,1-3H3,(H,20,27)(H,21,24,28)/t11-/m1/s1. The monoisotopic (exact) mass is 400 g/mol. The molecule has 1 aliphatic rings. The predicted molar refractivity (Wildman–Crippen MR) is 104 cm³/mol. The quantitative estimate of drug-likeness (QED) is 0.707. The third kappa shape index (κ3) is 3.82. The van der Waals surface area contributed by atoms with E-state index in [-0.39, 0.29) is 5.91 Å². The molecule has 2 amide bonds. The van der Waals surface area contributed by atoms with Crippen LogP contribution in [0.1, 0.15) is 20.8 Å². The summed E-state index contributed by atoms with van der Waals surface area (Å²) in [5, 5.41) is 2.75. The number of amides is 2. The van der Waals surface area contributed by atoms with Crippen molar-refractivity contribution in [3.05, 3.63) is 57.4 Å². The van der Waals surface area contributed by atoms with Gasteiger partial charge in [-0.15, -0.1) is 0 Å². The topological polar surface area (TPSA) is 131 Å². The molecule has 1 aliphatic heterocycles. The summed E-state index contributed by atoms with van der Waals surface area (Å²) in [6.07, 6.45) is -0.0531. The number of benzene rings is 1. The minimum atomic E-state index is -1.21. The van der Waals surface area contributed by atoms with Crippen LogP contribution in [-0.2, 0) is 25.7 Å². The van der Waals surface area contributed by atoms with Gasteiger partial charge < -0.3 is 10.1 Å². The lowest BCUT2D eigenvalue weighted by Gasteiger charge is -2.42. The van der Waals surface area contributed by atoms with E-state index in [1.807, 2.05) is 4.98 Å². The summed E-state index contributed by atoms with van der Waals surface area (Å²) < 4.78 is 6.14. The van der Waals surface area contributed by atoms with Crippen LogP contribution >= 0.6 is 0 Å². The average Bonchev–Trinajstić information content (AvgIpc) is 2.64. The van der Waals surface area contributed by atoms with Crippen LogP contribution < -0.4 is 21.5 Å². The number of nitrogens with zero attached hydrogens (tertiary/aromatic N) is 2. The zero-order valence-corrected chi connectivity index (χ0v) is 16.1. The molecule has 2 heterocycles. The Labute approximate surface area is 165 Å². The maximum atomic E-state index is 13.1. The number of rotatable bonds is 4. The van der Waals surface area contributed by atoms with Crippen LogP contribution in [0.5, 0.6) is 0 Å². The van der Waals surface area contributed by atoms with Crippen molar-refractivity contribution >= 4 is 29.2 Å². The Morgan fingerprint density at radius 1 is 1.14 bits per heavy atom. The van der Waals surface area contributed by atoms with Gasteiger partial charge >= 0.3 is 11.7 Å². The fourth-order valence-electron chi connectivity index (χ4n) is 3.02. The van der Waals surface area contributed by atoms with Gasteiger partial charge in [0.15, 0.2) is 6.10 Å². The molecule has 3 rings (SSSR count). The number of para-hydroxylation sites is 2. The first-order valence-corrected chi connectivity index (χ1v) is 8.85. The van der Waals surface area contributed by atoms with Crippen molar-refractivity contribution in [2.45, 2.75) is 39.0 Å². The molecular formula is C19H20N4O6. The molecular weight excluding hydrogens is 380 g/mol. The maximum Gasteiger partial charge on any atom is 0.328 e. The van der Waals surface area contributed by atoms with Gasteiger partial charge in [-0.05, 0) is 32.9 Å². The van der Waals surface area contributed by atoms with Crippen molar-refractivity contribution in [1.29, 1.82) is 0 Å². The Kier molecular flexibility index (Phi) is 5.10. The van der Waals surface area contributed by atoms with Crippen LogP contribution in [0.4, 0.5) is 11.4 Å². The Bertz CT molecular complexity index is 1100. The molecule has 1 atom stereocenters. The summed E-state index contributed by atoms with van der Waals surface area (Å²) in [6.45, 7) is 4.09. The van der Waals surface area contributed by atoms with E-state index in [0.717, 1.165) is 16.8 Å². The minimum absolute atomic E-state index is 0.372. The number of carbonyl (C=O) groups excluding carboxylic acids is 3. The maximum absolute atomic E-state index is 13.1. The van der Waals surface area contributed by atoms with E-state index in [0.29, 0.717) is 11.4 Å². The lowest BCUT2D eigenvalue weighted by molar-refractivity contribution is -0.155. The van der Waals surface area contributed by atoms with Crippen molar-refractivity contribution in [1.82, 2.24) is 9.55 Å². The van der Waals surface area contributed by atoms with Gasteiger partial charge in [0, 0.05) is 12.3 Å². The largest absolute Gasteiger partial charge is 0.451 e. The summed E-state index contributed by atoms with van der Waals surface area (Å²) in [6, 6.07) is 7.90. The van der Waals surface area contributed by atoms with Gasteiger partial charge in [-0.25, -0.2) is 4.79 Å². The molecule has 0 spiro atoms. The Morgan fingerprint density at radius 2 is 1.83 bits per heavy atom. The van der Waals surface area contributed by atoms with Crippen LogP contribution in [0.15, 0.2) is 46.1 Å². The summed E-state index contributed by atoms with van der Waals surface area (Å²) in [4.78, 5) is 63.8. The molecule has 0 aliphatic carbocycles. The number of aromatic nitrogens is 2. The van der Waals surface area contributed by atoms with Gasteiger partial charge in [-0.2, -0.15) is 0 Å². The molecule has 0 unspecified atom stereocenters. The lowest BCUT2D eigenvalue weighted by atomic mass is 9.95. The number of hydrogen-bond acceptors (Lipinski definition) is 6. The zero-order chi connectivity index (χ0) is 21.3. The van der Waals surface area contributed by atoms with E-state index in [1.165, 1.54) is 11.8 Å². The highest BCUT2D eigenvalue weighted by atomic mass is 16.5. The van der Waals surface area contributed by atoms with Crippen LogP contribution in [0, 0.1) is 0 Å². The second-order valence-electron chi connectivity index (χ2n) is 7.07. The highest BCUT2D eigenvalue weighted by molar-refractivity contribution is 6.15. The second-order valence-corrected chi connectivity index (χ2v) is 7.07. The number of nitrogens with one attached hydrogen (secondary N) is 2. The molecule has 1 aromatic heterocycles. The van der Waals surface area contributed by atoms with Crippen molar-refractivity contribution < 1.29 is 19.1 Å². The van der Waals surface area contributed by atoms with Gasteiger partial charge in [0.2, 0.25) is 5.91 Å². The van der Waals surface area contributed by atoms with E-state index in [4.69, 9.17) is 4.74 Å². The molecule has 0 bridgehead atoms. The number of fused-ring (bicyclic) bond motifs is 1. The second kappa shape index (κ2) is 7.38. The van der Waals surface area contributed by atoms with Crippen LogP contribution in [0.25, 0.3) is 0 Å². The lowest BCUT2D eigenvalue weighted by Crippen LogP contribution is -2.60. The highest BCUT2D eigenvalue weighted by Gasteiger charge is 2.45. The Morgan fingerprint density at radius 3 is 2.52 bits per heavy atom. The number of anilines is 2. The molecule has 0 fully saturated rings. The first-order valence-electron chi connectivity index (χ1n) is 8.85. The third-order valence-electron chi connectivity index (χ3n) is 4.58. The zero-order valence-electron chi connectivity index (χ0n) is 16.1. The molecule has 10 heteroatoms. The molecule has 2 N–H and O–H groups in total. The van der Waals surface area contributed by atoms with Gasteiger partial charge in [0.1, 0.15) is 12.1 Å². The third-order valence-corrected chi connectivity index (χ3v) is 4.58. The Balaban J connectivity index is 1.80. The number of esters is 1. The fraction of sp³-hybridized carbons (Fsp3) is 0.316. The van der Waals surface area contributed by atoms with Gasteiger partial charge in [-0.3, -0.25) is 33.6 Å². The van der Waals surface area contributed by atoms with E-state index in [9.17, 15) is 24.0 Å². The summed E-state index contributed by atoms with van der Waals surface area (Å²) in [5.41, 5.74) is -1.60.